The van der Waals surface area contributed by atoms with Crippen molar-refractivity contribution in [2.75, 3.05) is 9.80 Å². The monoisotopic (exact) mass is 668 g/mol. The van der Waals surface area contributed by atoms with Crippen molar-refractivity contribution < 1.29 is 4.42 Å². The van der Waals surface area contributed by atoms with Crippen LogP contribution in [0.1, 0.15) is 103 Å². The van der Waals surface area contributed by atoms with E-state index in [1.807, 2.05) is 0 Å². The number of hydrogen-bond acceptors (Lipinski definition) is 3. The van der Waals surface area contributed by atoms with Gasteiger partial charge in [0.1, 0.15) is 11.2 Å². The molecule has 3 nitrogen and oxygen atoms in total. The average Bonchev–Trinajstić information content (AvgIpc) is 3.56. The second-order valence-electron chi connectivity index (χ2n) is 18.6. The number of rotatable bonds is 1. The Morgan fingerprint density at radius 2 is 1.39 bits per heavy atom. The molecular formula is C47H49BN2O. The molecule has 4 heterocycles. The minimum atomic E-state index is -0.0147. The number of nitrogens with zero attached hydrogens (tertiary/aromatic N) is 2. The topological polar surface area (TPSA) is 19.6 Å². The van der Waals surface area contributed by atoms with Gasteiger partial charge in [-0.3, -0.25) is 0 Å². The number of hydrogen-bond donors (Lipinski definition) is 0. The first kappa shape index (κ1) is 31.3. The standard InChI is InChI=1S/C47H49BN2O/c1-28-24-36-41-37(25-28)50-43-33(46(8)22-12-13-23-47(46,50)9)26-30(45(5,6)7)27-34(43)48(41)42-35(49(36)31-18-16-29(17-19-31)44(2,3)4)20-21-39-40(42)32-14-10-11-15-38(32)51-39/h10-11,14-21,24-27H,12-13,22-23H2,1-9H3. The molecule has 256 valence electrons. The highest BCUT2D eigenvalue weighted by atomic mass is 16.3. The van der Waals surface area contributed by atoms with Crippen LogP contribution in [-0.2, 0) is 16.2 Å². The van der Waals surface area contributed by atoms with Crippen molar-refractivity contribution in [3.8, 4) is 0 Å². The summed E-state index contributed by atoms with van der Waals surface area (Å²) in [5.74, 6) is 0. The summed E-state index contributed by atoms with van der Waals surface area (Å²) in [7, 11) is 0. The van der Waals surface area contributed by atoms with Crippen LogP contribution in [0.4, 0.5) is 28.4 Å². The fraction of sp³-hybridized carbons (Fsp3) is 0.362. The van der Waals surface area contributed by atoms with E-state index in [2.05, 4.69) is 157 Å². The van der Waals surface area contributed by atoms with Gasteiger partial charge in [-0.05, 0) is 119 Å². The number of anilines is 5. The van der Waals surface area contributed by atoms with Crippen molar-refractivity contribution in [1.82, 2.24) is 0 Å². The van der Waals surface area contributed by atoms with Crippen molar-refractivity contribution in [1.29, 1.82) is 0 Å². The first-order chi connectivity index (χ1) is 24.2. The van der Waals surface area contributed by atoms with Crippen molar-refractivity contribution >= 4 is 73.5 Å². The lowest BCUT2D eigenvalue weighted by atomic mass is 9.32. The Kier molecular flexibility index (Phi) is 6.08. The van der Waals surface area contributed by atoms with E-state index in [4.69, 9.17) is 4.42 Å². The Balaban J connectivity index is 1.38. The molecule has 1 fully saturated rings. The van der Waals surface area contributed by atoms with E-state index in [0.717, 1.165) is 11.2 Å². The Labute approximate surface area is 303 Å². The molecule has 0 amide bonds. The van der Waals surface area contributed by atoms with Gasteiger partial charge in [0.15, 0.2) is 0 Å². The normalized spacial score (nSPS) is 21.9. The van der Waals surface area contributed by atoms with E-state index >= 15 is 0 Å². The molecule has 4 heteroatoms. The van der Waals surface area contributed by atoms with Gasteiger partial charge < -0.3 is 14.2 Å². The van der Waals surface area contributed by atoms with Crippen LogP contribution in [0, 0.1) is 6.92 Å². The maximum atomic E-state index is 6.66. The molecule has 3 aliphatic heterocycles. The van der Waals surface area contributed by atoms with Gasteiger partial charge in [0.05, 0.1) is 5.54 Å². The number of benzene rings is 5. The summed E-state index contributed by atoms with van der Waals surface area (Å²) in [6.07, 6.45) is 4.97. The van der Waals surface area contributed by atoms with Crippen LogP contribution in [-0.4, -0.2) is 12.3 Å². The van der Waals surface area contributed by atoms with Crippen LogP contribution in [0.3, 0.4) is 0 Å². The molecule has 51 heavy (non-hydrogen) atoms. The van der Waals surface area contributed by atoms with Crippen LogP contribution < -0.4 is 26.2 Å². The zero-order valence-corrected chi connectivity index (χ0v) is 31.8. The molecule has 1 aliphatic carbocycles. The predicted molar refractivity (Wildman–Crippen MR) is 218 cm³/mol. The molecule has 0 radical (unpaired) electrons. The van der Waals surface area contributed by atoms with E-state index in [1.54, 1.807) is 5.56 Å². The lowest BCUT2D eigenvalue weighted by Gasteiger charge is -2.52. The second kappa shape index (κ2) is 9.91. The van der Waals surface area contributed by atoms with Gasteiger partial charge in [-0.25, -0.2) is 0 Å². The molecule has 0 bridgehead atoms. The summed E-state index contributed by atoms with van der Waals surface area (Å²) < 4.78 is 6.66. The molecule has 2 unspecified atom stereocenters. The average molecular weight is 669 g/mol. The zero-order valence-electron chi connectivity index (χ0n) is 31.8. The van der Waals surface area contributed by atoms with Crippen molar-refractivity contribution in [3.63, 3.8) is 0 Å². The third kappa shape index (κ3) is 3.97. The number of aryl methyl sites for hydroxylation is 1. The molecular weight excluding hydrogens is 619 g/mol. The second-order valence-corrected chi connectivity index (χ2v) is 18.6. The summed E-state index contributed by atoms with van der Waals surface area (Å²) in [4.78, 5) is 5.42. The Morgan fingerprint density at radius 3 is 2.14 bits per heavy atom. The highest BCUT2D eigenvalue weighted by Crippen LogP contribution is 2.62. The maximum Gasteiger partial charge on any atom is 0.253 e. The van der Waals surface area contributed by atoms with Crippen molar-refractivity contribution in [3.05, 3.63) is 107 Å². The highest BCUT2D eigenvalue weighted by molar-refractivity contribution is 7.02. The summed E-state index contributed by atoms with van der Waals surface area (Å²) in [5, 5.41) is 2.45. The molecule has 4 aliphatic rings. The van der Waals surface area contributed by atoms with E-state index in [0.29, 0.717) is 0 Å². The number of para-hydroxylation sites is 1. The minimum Gasteiger partial charge on any atom is -0.456 e. The zero-order chi connectivity index (χ0) is 35.4. The molecule has 1 saturated carbocycles. The highest BCUT2D eigenvalue weighted by Gasteiger charge is 2.61. The van der Waals surface area contributed by atoms with Gasteiger partial charge in [-0.15, -0.1) is 0 Å². The van der Waals surface area contributed by atoms with E-state index in [-0.39, 0.29) is 28.5 Å². The SMILES string of the molecule is Cc1cc2c3c(c1)N1c4c(cc(C(C)(C)C)cc4C4(C)CCCCC14C)B3c1c(ccc3oc4ccccc4c13)N2c1ccc(C(C)(C)C)cc1. The van der Waals surface area contributed by atoms with E-state index in [1.165, 1.54) is 98.0 Å². The first-order valence-corrected chi connectivity index (χ1v) is 19.2. The molecule has 2 atom stereocenters. The molecule has 5 aromatic carbocycles. The van der Waals surface area contributed by atoms with Crippen LogP contribution in [0.2, 0.25) is 0 Å². The lowest BCUT2D eigenvalue weighted by molar-refractivity contribution is 0.195. The quantitative estimate of drug-likeness (QED) is 0.162. The lowest BCUT2D eigenvalue weighted by Crippen LogP contribution is -2.64. The largest absolute Gasteiger partial charge is 0.456 e. The van der Waals surface area contributed by atoms with Crippen LogP contribution in [0.15, 0.2) is 89.3 Å². The molecule has 0 N–H and O–H groups in total. The number of furan rings is 1. The molecule has 1 aromatic heterocycles. The Bertz CT molecular complexity index is 2460. The summed E-state index contributed by atoms with van der Waals surface area (Å²) in [5.41, 5.74) is 18.6. The third-order valence-corrected chi connectivity index (χ3v) is 13.5. The predicted octanol–water partition coefficient (Wildman–Crippen LogP) is 10.8. The summed E-state index contributed by atoms with van der Waals surface area (Å²) >= 11 is 0. The maximum absolute atomic E-state index is 6.66. The molecule has 10 rings (SSSR count). The molecule has 0 spiro atoms. The minimum absolute atomic E-state index is 0.0147. The van der Waals surface area contributed by atoms with Gasteiger partial charge in [-0.2, -0.15) is 0 Å². The Hall–Kier alpha value is -4.44. The van der Waals surface area contributed by atoms with Gasteiger partial charge in [0.25, 0.3) is 6.71 Å². The van der Waals surface area contributed by atoms with Crippen LogP contribution in [0.5, 0.6) is 0 Å². The van der Waals surface area contributed by atoms with Crippen molar-refractivity contribution in [2.45, 2.75) is 110 Å². The van der Waals surface area contributed by atoms with Crippen LogP contribution in [0.25, 0.3) is 21.9 Å². The first-order valence-electron chi connectivity index (χ1n) is 19.2. The number of fused-ring (bicyclic) bond motifs is 11. The van der Waals surface area contributed by atoms with Crippen molar-refractivity contribution in [2.24, 2.45) is 0 Å². The fourth-order valence-corrected chi connectivity index (χ4v) is 10.6. The van der Waals surface area contributed by atoms with Gasteiger partial charge in [0, 0.05) is 44.6 Å². The smallest absolute Gasteiger partial charge is 0.253 e. The summed E-state index contributed by atoms with van der Waals surface area (Å²) in [6, 6.07) is 32.8. The van der Waals surface area contributed by atoms with Gasteiger partial charge in [-0.1, -0.05) is 104 Å². The summed E-state index contributed by atoms with van der Waals surface area (Å²) in [6.45, 7) is 21.6. The van der Waals surface area contributed by atoms with Gasteiger partial charge >= 0.3 is 0 Å². The third-order valence-electron chi connectivity index (χ3n) is 13.5. The van der Waals surface area contributed by atoms with Crippen LogP contribution >= 0.6 is 0 Å². The van der Waals surface area contributed by atoms with E-state index < -0.39 is 0 Å². The molecule has 0 saturated heterocycles. The Morgan fingerprint density at radius 1 is 0.686 bits per heavy atom. The van der Waals surface area contributed by atoms with Gasteiger partial charge in [0.2, 0.25) is 0 Å². The fourth-order valence-electron chi connectivity index (χ4n) is 10.6. The molecule has 6 aromatic rings. The van der Waals surface area contributed by atoms with E-state index in [9.17, 15) is 0 Å².